The highest BCUT2D eigenvalue weighted by Gasteiger charge is 2.33. The summed E-state index contributed by atoms with van der Waals surface area (Å²) in [5.41, 5.74) is 2.77. The minimum atomic E-state index is -4.10. The Morgan fingerprint density at radius 3 is 2.26 bits per heavy atom. The summed E-state index contributed by atoms with van der Waals surface area (Å²) in [6.07, 6.45) is 0.352. The molecule has 1 N–H and O–H groups in total. The van der Waals surface area contributed by atoms with E-state index in [1.807, 2.05) is 26.0 Å². The number of aryl methyl sites for hydroxylation is 2. The van der Waals surface area contributed by atoms with Crippen LogP contribution in [0.3, 0.4) is 0 Å². The maximum Gasteiger partial charge on any atom is 0.264 e. The summed E-state index contributed by atoms with van der Waals surface area (Å²) in [4.78, 5) is 28.3. The van der Waals surface area contributed by atoms with E-state index in [9.17, 15) is 18.0 Å². The van der Waals surface area contributed by atoms with Gasteiger partial charge in [-0.15, -0.1) is 0 Å². The summed E-state index contributed by atoms with van der Waals surface area (Å²) in [5, 5.41) is 2.63. The first-order valence-electron chi connectivity index (χ1n) is 12.4. The van der Waals surface area contributed by atoms with Gasteiger partial charge in [0.1, 0.15) is 18.3 Å². The van der Waals surface area contributed by atoms with E-state index in [1.54, 1.807) is 62.6 Å². The highest BCUT2D eigenvalue weighted by molar-refractivity contribution is 7.92. The van der Waals surface area contributed by atoms with Crippen molar-refractivity contribution in [2.75, 3.05) is 25.0 Å². The van der Waals surface area contributed by atoms with E-state index in [4.69, 9.17) is 4.74 Å². The number of nitrogens with zero attached hydrogens (tertiary/aromatic N) is 2. The lowest BCUT2D eigenvalue weighted by atomic mass is 10.1. The molecule has 2 amide bonds. The number of carbonyl (C=O) groups excluding carboxylic acids is 2. The molecular formula is C29H35N3O5S. The topological polar surface area (TPSA) is 96.0 Å². The number of nitrogens with one attached hydrogen (secondary N) is 1. The van der Waals surface area contributed by atoms with Gasteiger partial charge in [-0.05, 0) is 61.7 Å². The molecule has 0 heterocycles. The van der Waals surface area contributed by atoms with Gasteiger partial charge in [-0.1, -0.05) is 55.0 Å². The van der Waals surface area contributed by atoms with Crippen LogP contribution in [0.25, 0.3) is 0 Å². The Morgan fingerprint density at radius 1 is 0.974 bits per heavy atom. The molecule has 3 rings (SSSR count). The molecule has 0 aliphatic carbocycles. The molecule has 3 aromatic rings. The number of methoxy groups -OCH3 is 1. The minimum Gasteiger partial charge on any atom is -0.497 e. The zero-order valence-corrected chi connectivity index (χ0v) is 23.3. The largest absolute Gasteiger partial charge is 0.497 e. The number of amides is 2. The fourth-order valence-electron chi connectivity index (χ4n) is 4.25. The minimum absolute atomic E-state index is 0.0804. The molecular weight excluding hydrogens is 502 g/mol. The molecule has 8 nitrogen and oxygen atoms in total. The lowest BCUT2D eigenvalue weighted by Crippen LogP contribution is -2.51. The van der Waals surface area contributed by atoms with Crippen molar-refractivity contribution in [3.63, 3.8) is 0 Å². The van der Waals surface area contributed by atoms with Crippen LogP contribution in [0.2, 0.25) is 0 Å². The Labute approximate surface area is 225 Å². The first-order chi connectivity index (χ1) is 18.1. The van der Waals surface area contributed by atoms with Gasteiger partial charge in [-0.3, -0.25) is 13.9 Å². The van der Waals surface area contributed by atoms with Crippen LogP contribution < -0.4 is 14.4 Å². The van der Waals surface area contributed by atoms with Crippen LogP contribution in [0.15, 0.2) is 77.7 Å². The van der Waals surface area contributed by atoms with Gasteiger partial charge < -0.3 is 15.0 Å². The van der Waals surface area contributed by atoms with Crippen molar-refractivity contribution < 1.29 is 22.7 Å². The predicted octanol–water partition coefficient (Wildman–Crippen LogP) is 4.06. The van der Waals surface area contributed by atoms with Gasteiger partial charge >= 0.3 is 0 Å². The van der Waals surface area contributed by atoms with Gasteiger partial charge in [0.05, 0.1) is 17.7 Å². The molecule has 0 saturated carbocycles. The monoisotopic (exact) mass is 537 g/mol. The van der Waals surface area contributed by atoms with Crippen molar-refractivity contribution in [3.05, 3.63) is 89.5 Å². The molecule has 202 valence electrons. The summed E-state index contributed by atoms with van der Waals surface area (Å²) in [6, 6.07) is 20.0. The molecule has 0 aliphatic rings. The number of hydrogen-bond donors (Lipinski definition) is 1. The average molecular weight is 538 g/mol. The average Bonchev–Trinajstić information content (AvgIpc) is 2.92. The summed E-state index contributed by atoms with van der Waals surface area (Å²) in [6.45, 7) is 5.12. The molecule has 0 aliphatic heterocycles. The Kier molecular flexibility index (Phi) is 9.52. The zero-order chi connectivity index (χ0) is 27.9. The number of anilines is 1. The SMILES string of the molecule is CCC(C(=O)NC)N(Cc1cccc(OC)c1)C(=O)CN(c1ccccc1C)S(=O)(=O)c1ccc(C)cc1. The third-order valence-electron chi connectivity index (χ3n) is 6.39. The standard InChI is InChI=1S/C29H35N3O5S/c1-6-26(29(34)30-4)31(19-23-11-9-12-24(18-23)37-5)28(33)20-32(27-13-8-7-10-22(27)3)38(35,36)25-16-14-21(2)15-17-25/h7-18,26H,6,19-20H2,1-5H3,(H,30,34). The smallest absolute Gasteiger partial charge is 0.264 e. The van der Waals surface area contributed by atoms with Crippen molar-refractivity contribution in [2.45, 2.75) is 44.7 Å². The lowest BCUT2D eigenvalue weighted by Gasteiger charge is -2.33. The molecule has 0 saturated heterocycles. The second-order valence-corrected chi connectivity index (χ2v) is 10.9. The predicted molar refractivity (Wildman–Crippen MR) is 149 cm³/mol. The Morgan fingerprint density at radius 2 is 1.66 bits per heavy atom. The van der Waals surface area contributed by atoms with Gasteiger partial charge in [-0.25, -0.2) is 8.42 Å². The summed E-state index contributed by atoms with van der Waals surface area (Å²) in [5.74, 6) is -0.207. The first-order valence-corrected chi connectivity index (χ1v) is 13.8. The van der Waals surface area contributed by atoms with E-state index < -0.39 is 28.5 Å². The van der Waals surface area contributed by atoms with E-state index in [-0.39, 0.29) is 17.3 Å². The Bertz CT molecular complexity index is 1370. The van der Waals surface area contributed by atoms with Gasteiger partial charge in [0.2, 0.25) is 11.8 Å². The number of rotatable bonds is 11. The molecule has 0 aromatic heterocycles. The van der Waals surface area contributed by atoms with Gasteiger partial charge in [0, 0.05) is 13.6 Å². The third-order valence-corrected chi connectivity index (χ3v) is 8.17. The molecule has 1 atom stereocenters. The molecule has 9 heteroatoms. The van der Waals surface area contributed by atoms with Crippen molar-refractivity contribution in [1.82, 2.24) is 10.2 Å². The van der Waals surface area contributed by atoms with E-state index in [2.05, 4.69) is 5.32 Å². The number of benzene rings is 3. The van der Waals surface area contributed by atoms with Crippen LogP contribution in [0.5, 0.6) is 5.75 Å². The number of hydrogen-bond acceptors (Lipinski definition) is 5. The van der Waals surface area contributed by atoms with Crippen LogP contribution in [-0.2, 0) is 26.2 Å². The summed E-state index contributed by atoms with van der Waals surface area (Å²) in [7, 11) is -1.03. The highest BCUT2D eigenvalue weighted by Crippen LogP contribution is 2.28. The second kappa shape index (κ2) is 12.6. The molecule has 0 spiro atoms. The summed E-state index contributed by atoms with van der Waals surface area (Å²) >= 11 is 0. The fraction of sp³-hybridized carbons (Fsp3) is 0.310. The van der Waals surface area contributed by atoms with E-state index in [1.165, 1.54) is 24.1 Å². The number of likely N-dealkylation sites (N-methyl/N-ethyl adjacent to an activating group) is 1. The normalized spacial score (nSPS) is 11.9. The number of ether oxygens (including phenoxy) is 1. The molecule has 0 bridgehead atoms. The van der Waals surface area contributed by atoms with Gasteiger partial charge in [0.15, 0.2) is 0 Å². The second-order valence-electron chi connectivity index (χ2n) is 9.02. The number of carbonyl (C=O) groups is 2. The van der Waals surface area contributed by atoms with Gasteiger partial charge in [-0.2, -0.15) is 0 Å². The molecule has 0 fully saturated rings. The van der Waals surface area contributed by atoms with Gasteiger partial charge in [0.25, 0.3) is 10.0 Å². The molecule has 0 radical (unpaired) electrons. The van der Waals surface area contributed by atoms with Crippen LogP contribution in [0.1, 0.15) is 30.0 Å². The van der Waals surface area contributed by atoms with E-state index in [0.717, 1.165) is 15.4 Å². The van der Waals surface area contributed by atoms with Crippen LogP contribution in [0.4, 0.5) is 5.69 Å². The lowest BCUT2D eigenvalue weighted by molar-refractivity contribution is -0.140. The fourth-order valence-corrected chi connectivity index (χ4v) is 5.73. The Hall–Kier alpha value is -3.85. The number of para-hydroxylation sites is 1. The maximum atomic E-state index is 14.0. The zero-order valence-electron chi connectivity index (χ0n) is 22.5. The quantitative estimate of drug-likeness (QED) is 0.398. The van der Waals surface area contributed by atoms with Crippen LogP contribution in [-0.4, -0.2) is 51.9 Å². The maximum absolute atomic E-state index is 14.0. The van der Waals surface area contributed by atoms with Crippen LogP contribution in [0, 0.1) is 13.8 Å². The van der Waals surface area contributed by atoms with Crippen molar-refractivity contribution >= 4 is 27.5 Å². The van der Waals surface area contributed by atoms with E-state index in [0.29, 0.717) is 23.4 Å². The highest BCUT2D eigenvalue weighted by atomic mass is 32.2. The molecule has 1 unspecified atom stereocenters. The van der Waals surface area contributed by atoms with Crippen LogP contribution >= 0.6 is 0 Å². The van der Waals surface area contributed by atoms with E-state index >= 15 is 0 Å². The summed E-state index contributed by atoms with van der Waals surface area (Å²) < 4.78 is 34.2. The Balaban J connectivity index is 2.07. The van der Waals surface area contributed by atoms with Crippen molar-refractivity contribution in [1.29, 1.82) is 0 Å². The molecule has 3 aromatic carbocycles. The third kappa shape index (κ3) is 6.52. The van der Waals surface area contributed by atoms with Crippen molar-refractivity contribution in [3.8, 4) is 5.75 Å². The number of sulfonamides is 1. The molecule has 38 heavy (non-hydrogen) atoms. The van der Waals surface area contributed by atoms with Crippen molar-refractivity contribution in [2.24, 2.45) is 0 Å². The first kappa shape index (κ1) is 28.7.